The Labute approximate surface area is 140 Å². The normalized spacial score (nSPS) is 20.1. The van der Waals surface area contributed by atoms with Crippen LogP contribution in [0.25, 0.3) is 0 Å². The summed E-state index contributed by atoms with van der Waals surface area (Å²) in [6.07, 6.45) is 2.63. The largest absolute Gasteiger partial charge is 0.480 e. The van der Waals surface area contributed by atoms with Crippen molar-refractivity contribution in [1.82, 2.24) is 25.3 Å². The molecule has 128 valence electrons. The first-order valence-corrected chi connectivity index (χ1v) is 8.02. The van der Waals surface area contributed by atoms with E-state index in [9.17, 15) is 4.79 Å². The molecule has 2 aromatic rings. The third-order valence-electron chi connectivity index (χ3n) is 4.16. The van der Waals surface area contributed by atoms with Crippen molar-refractivity contribution in [2.45, 2.75) is 26.0 Å². The Kier molecular flexibility index (Phi) is 5.05. The molecular weight excluding hydrogens is 310 g/mol. The van der Waals surface area contributed by atoms with Gasteiger partial charge < -0.3 is 14.8 Å². The zero-order valence-electron chi connectivity index (χ0n) is 13.8. The van der Waals surface area contributed by atoms with Crippen LogP contribution < -0.4 is 10.1 Å². The molecule has 1 fully saturated rings. The zero-order valence-corrected chi connectivity index (χ0v) is 13.8. The first-order chi connectivity index (χ1) is 11.7. The van der Waals surface area contributed by atoms with Crippen molar-refractivity contribution in [3.05, 3.63) is 35.8 Å². The molecule has 2 aromatic heterocycles. The molecule has 1 N–H and O–H groups in total. The van der Waals surface area contributed by atoms with Crippen LogP contribution in [0.5, 0.6) is 5.88 Å². The predicted octanol–water partition coefficient (Wildman–Crippen LogP) is 1.21. The van der Waals surface area contributed by atoms with Gasteiger partial charge in [0.05, 0.1) is 12.8 Å². The first kappa shape index (κ1) is 16.4. The van der Waals surface area contributed by atoms with Crippen molar-refractivity contribution in [3.63, 3.8) is 0 Å². The smallest absolute Gasteiger partial charge is 0.271 e. The fourth-order valence-electron chi connectivity index (χ4n) is 2.88. The number of ether oxygens (including phenoxy) is 2. The number of nitrogens with one attached hydrogen (secondary N) is 1. The monoisotopic (exact) mass is 331 g/mol. The van der Waals surface area contributed by atoms with Crippen LogP contribution in [0.3, 0.4) is 0 Å². The average molecular weight is 331 g/mol. The minimum absolute atomic E-state index is 0.0466. The van der Waals surface area contributed by atoms with Gasteiger partial charge in [0.15, 0.2) is 5.69 Å². The van der Waals surface area contributed by atoms with Crippen molar-refractivity contribution >= 4 is 5.91 Å². The summed E-state index contributed by atoms with van der Waals surface area (Å²) in [5.74, 6) is 0.339. The Morgan fingerprint density at radius 3 is 3.00 bits per heavy atom. The van der Waals surface area contributed by atoms with Crippen molar-refractivity contribution in [2.24, 2.45) is 5.92 Å². The van der Waals surface area contributed by atoms with Crippen molar-refractivity contribution in [2.75, 3.05) is 20.3 Å². The van der Waals surface area contributed by atoms with Crippen LogP contribution in [0.4, 0.5) is 0 Å². The third-order valence-corrected chi connectivity index (χ3v) is 4.16. The number of hydrogen-bond acceptors (Lipinski definition) is 6. The van der Waals surface area contributed by atoms with Gasteiger partial charge in [-0.2, -0.15) is 5.10 Å². The standard InChI is InChI=1S/C16H21N5O3/c1-3-21-13(6-8-18-21)15-11(7-9-24-15)10-17-16(22)12-4-5-14(23-2)20-19-12/h4-6,8,11,15H,3,7,9-10H2,1-2H3,(H,17,22)/t11-,15+/m0/s1. The van der Waals surface area contributed by atoms with Crippen LogP contribution >= 0.6 is 0 Å². The lowest BCUT2D eigenvalue weighted by molar-refractivity contribution is 0.0793. The highest BCUT2D eigenvalue weighted by Gasteiger charge is 2.32. The van der Waals surface area contributed by atoms with Crippen LogP contribution in [0, 0.1) is 5.92 Å². The van der Waals surface area contributed by atoms with Gasteiger partial charge in [-0.25, -0.2) is 0 Å². The second kappa shape index (κ2) is 7.39. The van der Waals surface area contributed by atoms with E-state index >= 15 is 0 Å². The highest BCUT2D eigenvalue weighted by atomic mass is 16.5. The zero-order chi connectivity index (χ0) is 16.9. The van der Waals surface area contributed by atoms with Crippen molar-refractivity contribution in [1.29, 1.82) is 0 Å². The maximum Gasteiger partial charge on any atom is 0.271 e. The number of carbonyl (C=O) groups excluding carboxylic acids is 1. The van der Waals surface area contributed by atoms with Gasteiger partial charge in [-0.1, -0.05) is 0 Å². The summed E-state index contributed by atoms with van der Waals surface area (Å²) < 4.78 is 12.7. The van der Waals surface area contributed by atoms with Gasteiger partial charge in [-0.3, -0.25) is 9.48 Å². The molecule has 8 nitrogen and oxygen atoms in total. The Bertz CT molecular complexity index is 685. The first-order valence-electron chi connectivity index (χ1n) is 8.02. The second-order valence-corrected chi connectivity index (χ2v) is 5.58. The molecule has 3 heterocycles. The average Bonchev–Trinajstić information content (AvgIpc) is 3.27. The molecule has 1 aliphatic heterocycles. The summed E-state index contributed by atoms with van der Waals surface area (Å²) in [7, 11) is 1.50. The molecule has 24 heavy (non-hydrogen) atoms. The molecule has 1 saturated heterocycles. The topological polar surface area (TPSA) is 91.2 Å². The molecule has 0 saturated carbocycles. The summed E-state index contributed by atoms with van der Waals surface area (Å²) in [5, 5.41) is 14.9. The van der Waals surface area contributed by atoms with Crippen LogP contribution in [0.1, 0.15) is 35.6 Å². The third kappa shape index (κ3) is 3.38. The van der Waals surface area contributed by atoms with Gasteiger partial charge in [0.2, 0.25) is 5.88 Å². The fourth-order valence-corrected chi connectivity index (χ4v) is 2.88. The molecule has 0 aliphatic carbocycles. The number of aromatic nitrogens is 4. The molecule has 1 amide bonds. The van der Waals surface area contributed by atoms with Gasteiger partial charge in [0, 0.05) is 37.9 Å². The number of aryl methyl sites for hydroxylation is 1. The molecule has 0 bridgehead atoms. The summed E-state index contributed by atoms with van der Waals surface area (Å²) in [5.41, 5.74) is 1.32. The number of amides is 1. The quantitative estimate of drug-likeness (QED) is 0.855. The number of carbonyl (C=O) groups is 1. The van der Waals surface area contributed by atoms with Crippen molar-refractivity contribution < 1.29 is 14.3 Å². The highest BCUT2D eigenvalue weighted by molar-refractivity contribution is 5.92. The van der Waals surface area contributed by atoms with Crippen molar-refractivity contribution in [3.8, 4) is 5.88 Å². The lowest BCUT2D eigenvalue weighted by Gasteiger charge is -2.19. The molecule has 0 unspecified atom stereocenters. The Morgan fingerprint density at radius 1 is 1.42 bits per heavy atom. The van der Waals surface area contributed by atoms with E-state index in [1.54, 1.807) is 18.3 Å². The molecule has 1 aliphatic rings. The van der Waals surface area contributed by atoms with E-state index in [2.05, 4.69) is 20.6 Å². The summed E-state index contributed by atoms with van der Waals surface area (Å²) >= 11 is 0. The van der Waals surface area contributed by atoms with Crippen LogP contribution in [0.2, 0.25) is 0 Å². The Morgan fingerprint density at radius 2 is 2.29 bits per heavy atom. The summed E-state index contributed by atoms with van der Waals surface area (Å²) in [4.78, 5) is 12.2. The van der Waals surface area contributed by atoms with Gasteiger partial charge in [-0.15, -0.1) is 10.2 Å². The van der Waals surface area contributed by atoms with Crippen LogP contribution in [0.15, 0.2) is 24.4 Å². The predicted molar refractivity (Wildman–Crippen MR) is 85.6 cm³/mol. The van der Waals surface area contributed by atoms with Crippen LogP contribution in [-0.2, 0) is 11.3 Å². The van der Waals surface area contributed by atoms with E-state index in [-0.39, 0.29) is 23.6 Å². The molecular formula is C16H21N5O3. The van der Waals surface area contributed by atoms with Crippen LogP contribution in [-0.4, -0.2) is 46.1 Å². The van der Waals surface area contributed by atoms with E-state index in [0.29, 0.717) is 19.0 Å². The molecule has 0 radical (unpaired) electrons. The molecule has 0 aromatic carbocycles. The van der Waals surface area contributed by atoms with E-state index in [0.717, 1.165) is 18.7 Å². The van der Waals surface area contributed by atoms with Gasteiger partial charge in [-0.05, 0) is 25.5 Å². The minimum atomic E-state index is -0.250. The maximum atomic E-state index is 12.2. The minimum Gasteiger partial charge on any atom is -0.480 e. The highest BCUT2D eigenvalue weighted by Crippen LogP contribution is 2.33. The van der Waals surface area contributed by atoms with E-state index in [4.69, 9.17) is 9.47 Å². The van der Waals surface area contributed by atoms with E-state index < -0.39 is 0 Å². The van der Waals surface area contributed by atoms with Gasteiger partial charge in [0.1, 0.15) is 6.10 Å². The molecule has 2 atom stereocenters. The lowest BCUT2D eigenvalue weighted by Crippen LogP contribution is -2.31. The number of hydrogen-bond donors (Lipinski definition) is 1. The maximum absolute atomic E-state index is 12.2. The number of methoxy groups -OCH3 is 1. The fraction of sp³-hybridized carbons (Fsp3) is 0.500. The molecule has 8 heteroatoms. The second-order valence-electron chi connectivity index (χ2n) is 5.58. The van der Waals surface area contributed by atoms with Gasteiger partial charge >= 0.3 is 0 Å². The molecule has 0 spiro atoms. The Balaban J connectivity index is 1.61. The number of rotatable bonds is 6. The summed E-state index contributed by atoms with van der Waals surface area (Å²) in [6.45, 7) is 4.04. The van der Waals surface area contributed by atoms with E-state index in [1.807, 2.05) is 17.7 Å². The molecule has 3 rings (SSSR count). The SMILES string of the molecule is CCn1nccc1[C@@H]1OCC[C@H]1CNC(=O)c1ccc(OC)nn1. The lowest BCUT2D eigenvalue weighted by atomic mass is 9.99. The summed E-state index contributed by atoms with van der Waals surface area (Å²) in [6, 6.07) is 5.18. The number of nitrogens with zero attached hydrogens (tertiary/aromatic N) is 4. The van der Waals surface area contributed by atoms with E-state index in [1.165, 1.54) is 7.11 Å². The van der Waals surface area contributed by atoms with Gasteiger partial charge in [0.25, 0.3) is 5.91 Å². The Hall–Kier alpha value is -2.48.